The van der Waals surface area contributed by atoms with Crippen molar-refractivity contribution in [2.24, 2.45) is 17.6 Å². The van der Waals surface area contributed by atoms with E-state index in [2.05, 4.69) is 5.10 Å². The van der Waals surface area contributed by atoms with Crippen molar-refractivity contribution in [2.75, 3.05) is 24.5 Å². The molecule has 1 saturated heterocycles. The largest absolute Gasteiger partial charge is 0.365 e. The van der Waals surface area contributed by atoms with Crippen molar-refractivity contribution in [3.63, 3.8) is 0 Å². The van der Waals surface area contributed by atoms with Crippen LogP contribution in [0.3, 0.4) is 0 Å². The van der Waals surface area contributed by atoms with Crippen LogP contribution in [-0.4, -0.2) is 47.9 Å². The van der Waals surface area contributed by atoms with E-state index in [1.165, 1.54) is 14.9 Å². The third kappa shape index (κ3) is 4.59. The Labute approximate surface area is 214 Å². The standard InChI is InChI=1S/C26H29F2N5O3S/c27-18-7-8-21(28)20(12-18)22-2-1-10-32(22)19-9-11-33-23(13-19)24(25(29)34)26(30-33)37(35,36)31(14-16-3-4-16)15-17-5-6-17/h7-9,11-13,16-17,22H,1-6,10,14-15H2,(H2,29,34). The molecule has 1 amide bonds. The van der Waals surface area contributed by atoms with Crippen LogP contribution in [-0.2, 0) is 10.0 Å². The Morgan fingerprint density at radius 3 is 2.41 bits per heavy atom. The fourth-order valence-electron chi connectivity index (χ4n) is 5.34. The number of aromatic nitrogens is 2. The second-order valence-electron chi connectivity index (χ2n) is 10.5. The number of hydrogen-bond donors (Lipinski definition) is 1. The van der Waals surface area contributed by atoms with Crippen LogP contribution < -0.4 is 10.6 Å². The summed E-state index contributed by atoms with van der Waals surface area (Å²) >= 11 is 0. The molecule has 1 aromatic carbocycles. The van der Waals surface area contributed by atoms with Crippen molar-refractivity contribution in [1.29, 1.82) is 0 Å². The van der Waals surface area contributed by atoms with Gasteiger partial charge in [-0.05, 0) is 80.7 Å². The van der Waals surface area contributed by atoms with E-state index in [1.807, 2.05) is 4.90 Å². The molecular formula is C26H29F2N5O3S. The van der Waals surface area contributed by atoms with Crippen LogP contribution in [0.1, 0.15) is 60.5 Å². The molecule has 2 saturated carbocycles. The van der Waals surface area contributed by atoms with E-state index in [4.69, 9.17) is 5.73 Å². The van der Waals surface area contributed by atoms with Crippen molar-refractivity contribution < 1.29 is 22.0 Å². The molecule has 3 heterocycles. The topological polar surface area (TPSA) is 101 Å². The number of carbonyl (C=O) groups is 1. The van der Waals surface area contributed by atoms with Crippen LogP contribution in [0, 0.1) is 23.5 Å². The first-order valence-corrected chi connectivity index (χ1v) is 14.2. The van der Waals surface area contributed by atoms with E-state index in [1.54, 1.807) is 18.3 Å². The summed E-state index contributed by atoms with van der Waals surface area (Å²) in [6, 6.07) is 6.43. The molecule has 11 heteroatoms. The Kier molecular flexibility index (Phi) is 5.95. The van der Waals surface area contributed by atoms with E-state index in [0.29, 0.717) is 43.6 Å². The fraction of sp³-hybridized carbons (Fsp3) is 0.462. The Bertz CT molecular complexity index is 1470. The van der Waals surface area contributed by atoms with Crippen LogP contribution in [0.2, 0.25) is 0 Å². The van der Waals surface area contributed by atoms with Gasteiger partial charge in [0.25, 0.3) is 15.9 Å². The number of hydrogen-bond acceptors (Lipinski definition) is 5. The summed E-state index contributed by atoms with van der Waals surface area (Å²) in [6.45, 7) is 1.44. The van der Waals surface area contributed by atoms with Gasteiger partial charge in [-0.25, -0.2) is 21.7 Å². The minimum Gasteiger partial charge on any atom is -0.365 e. The van der Waals surface area contributed by atoms with Gasteiger partial charge in [0.2, 0.25) is 5.03 Å². The number of sulfonamides is 1. The number of benzene rings is 1. The minimum absolute atomic E-state index is 0.147. The second kappa shape index (κ2) is 9.05. The maximum atomic E-state index is 14.6. The third-order valence-corrected chi connectivity index (χ3v) is 9.39. The van der Waals surface area contributed by atoms with Gasteiger partial charge in [0.05, 0.1) is 11.6 Å². The average Bonchev–Trinajstić information content (AvgIpc) is 3.77. The van der Waals surface area contributed by atoms with E-state index in [9.17, 15) is 22.0 Å². The molecule has 0 radical (unpaired) electrons. The molecule has 2 aliphatic carbocycles. The van der Waals surface area contributed by atoms with Gasteiger partial charge >= 0.3 is 0 Å². The van der Waals surface area contributed by atoms with Gasteiger partial charge in [-0.2, -0.15) is 9.40 Å². The maximum Gasteiger partial charge on any atom is 0.263 e. The highest BCUT2D eigenvalue weighted by atomic mass is 32.2. The predicted molar refractivity (Wildman–Crippen MR) is 134 cm³/mol. The zero-order chi connectivity index (χ0) is 25.9. The summed E-state index contributed by atoms with van der Waals surface area (Å²) in [5.74, 6) is -1.20. The zero-order valence-corrected chi connectivity index (χ0v) is 21.1. The molecule has 1 atom stereocenters. The first-order chi connectivity index (χ1) is 17.7. The lowest BCUT2D eigenvalue weighted by atomic mass is 10.0. The highest BCUT2D eigenvalue weighted by Crippen LogP contribution is 2.39. The van der Waals surface area contributed by atoms with Crippen LogP contribution >= 0.6 is 0 Å². The van der Waals surface area contributed by atoms with Crippen LogP contribution in [0.25, 0.3) is 5.52 Å². The molecule has 0 spiro atoms. The smallest absolute Gasteiger partial charge is 0.263 e. The van der Waals surface area contributed by atoms with Crippen molar-refractivity contribution in [3.05, 3.63) is 59.3 Å². The number of amides is 1. The summed E-state index contributed by atoms with van der Waals surface area (Å²) < 4.78 is 58.9. The quantitative estimate of drug-likeness (QED) is 0.454. The molecule has 1 aliphatic heterocycles. The van der Waals surface area contributed by atoms with Gasteiger partial charge in [0.15, 0.2) is 0 Å². The summed E-state index contributed by atoms with van der Waals surface area (Å²) in [7, 11) is -4.05. The van der Waals surface area contributed by atoms with Crippen LogP contribution in [0.4, 0.5) is 14.5 Å². The van der Waals surface area contributed by atoms with Gasteiger partial charge in [0, 0.05) is 37.1 Å². The number of primary amides is 1. The molecule has 3 fully saturated rings. The van der Waals surface area contributed by atoms with Gasteiger partial charge in [-0.3, -0.25) is 4.79 Å². The Hall–Kier alpha value is -3.05. The first-order valence-electron chi connectivity index (χ1n) is 12.8. The van der Waals surface area contributed by atoms with Gasteiger partial charge in [-0.15, -0.1) is 0 Å². The minimum atomic E-state index is -4.05. The van der Waals surface area contributed by atoms with Gasteiger partial charge in [-0.1, -0.05) is 0 Å². The van der Waals surface area contributed by atoms with Crippen LogP contribution in [0.15, 0.2) is 41.6 Å². The summed E-state index contributed by atoms with van der Waals surface area (Å²) in [5.41, 5.74) is 6.77. The van der Waals surface area contributed by atoms with Crippen molar-refractivity contribution in [3.8, 4) is 0 Å². The predicted octanol–water partition coefficient (Wildman–Crippen LogP) is 3.86. The normalized spacial score (nSPS) is 20.3. The number of anilines is 1. The molecule has 0 bridgehead atoms. The summed E-state index contributed by atoms with van der Waals surface area (Å²) in [5, 5.41) is 3.98. The molecule has 3 aromatic rings. The SMILES string of the molecule is NC(=O)c1c(S(=O)(=O)N(CC2CC2)CC2CC2)nn2ccc(N3CCCC3c3cc(F)ccc3F)cc12. The number of nitrogens with zero attached hydrogens (tertiary/aromatic N) is 4. The van der Waals surface area contributed by atoms with Crippen molar-refractivity contribution in [1.82, 2.24) is 13.9 Å². The first kappa shape index (κ1) is 24.3. The number of pyridine rings is 1. The Morgan fingerprint density at radius 2 is 1.76 bits per heavy atom. The lowest BCUT2D eigenvalue weighted by molar-refractivity contribution is 0.0998. The number of halogens is 2. The number of fused-ring (bicyclic) bond motifs is 1. The average molecular weight is 530 g/mol. The molecule has 2 aromatic heterocycles. The van der Waals surface area contributed by atoms with E-state index < -0.39 is 33.6 Å². The molecular weight excluding hydrogens is 500 g/mol. The lowest BCUT2D eigenvalue weighted by Gasteiger charge is -2.27. The zero-order valence-electron chi connectivity index (χ0n) is 20.3. The number of rotatable bonds is 9. The lowest BCUT2D eigenvalue weighted by Crippen LogP contribution is -2.36. The highest BCUT2D eigenvalue weighted by molar-refractivity contribution is 7.89. The van der Waals surface area contributed by atoms with E-state index in [0.717, 1.165) is 44.2 Å². The van der Waals surface area contributed by atoms with Crippen molar-refractivity contribution in [2.45, 2.75) is 49.6 Å². The van der Waals surface area contributed by atoms with E-state index >= 15 is 0 Å². The van der Waals surface area contributed by atoms with Crippen molar-refractivity contribution >= 4 is 27.1 Å². The maximum absolute atomic E-state index is 14.6. The molecule has 3 aliphatic rings. The van der Waals surface area contributed by atoms with Gasteiger partial charge < -0.3 is 10.6 Å². The fourth-order valence-corrected chi connectivity index (χ4v) is 7.06. The Morgan fingerprint density at radius 1 is 1.05 bits per heavy atom. The molecule has 196 valence electrons. The highest BCUT2D eigenvalue weighted by Gasteiger charge is 2.39. The number of carbonyl (C=O) groups excluding carboxylic acids is 1. The Balaban J connectivity index is 1.40. The molecule has 1 unspecified atom stereocenters. The summed E-state index contributed by atoms with van der Waals surface area (Å²) in [4.78, 5) is 14.6. The molecule has 2 N–H and O–H groups in total. The third-order valence-electron chi connectivity index (χ3n) is 7.64. The monoisotopic (exact) mass is 529 g/mol. The molecule has 37 heavy (non-hydrogen) atoms. The number of nitrogens with two attached hydrogens (primary N) is 1. The molecule has 8 nitrogen and oxygen atoms in total. The van der Waals surface area contributed by atoms with E-state index in [-0.39, 0.29) is 21.7 Å². The summed E-state index contributed by atoms with van der Waals surface area (Å²) in [6.07, 6.45) is 6.97. The van der Waals surface area contributed by atoms with Crippen LogP contribution in [0.5, 0.6) is 0 Å². The molecule has 6 rings (SSSR count). The second-order valence-corrected chi connectivity index (χ2v) is 12.3. The van der Waals surface area contributed by atoms with Gasteiger partial charge in [0.1, 0.15) is 17.2 Å².